The zero-order valence-electron chi connectivity index (χ0n) is 11.3. The molecule has 18 heavy (non-hydrogen) atoms. The van der Waals surface area contributed by atoms with Crippen LogP contribution in [0.25, 0.3) is 0 Å². The van der Waals surface area contributed by atoms with E-state index in [-0.39, 0.29) is 11.6 Å². The molecule has 1 aliphatic rings. The first kappa shape index (κ1) is 14.8. The minimum atomic E-state index is -0.960. The summed E-state index contributed by atoms with van der Waals surface area (Å²) < 4.78 is 0. The molecule has 0 bridgehead atoms. The highest BCUT2D eigenvalue weighted by atomic mass is 16.4. The van der Waals surface area contributed by atoms with E-state index < -0.39 is 12.0 Å². The lowest BCUT2D eigenvalue weighted by Crippen LogP contribution is -2.58. The summed E-state index contributed by atoms with van der Waals surface area (Å²) in [5.41, 5.74) is -0.0993. The zero-order valence-corrected chi connectivity index (χ0v) is 11.3. The molecule has 0 aromatic carbocycles. The molecule has 5 heteroatoms. The van der Waals surface area contributed by atoms with Gasteiger partial charge in [0, 0.05) is 5.54 Å². The number of carbonyl (C=O) groups is 2. The van der Waals surface area contributed by atoms with Crippen LogP contribution >= 0.6 is 0 Å². The third kappa shape index (κ3) is 3.89. The van der Waals surface area contributed by atoms with E-state index in [0.717, 1.165) is 38.5 Å². The lowest BCUT2D eigenvalue weighted by Gasteiger charge is -2.42. The van der Waals surface area contributed by atoms with Crippen LogP contribution in [0.1, 0.15) is 58.8 Å². The fourth-order valence-corrected chi connectivity index (χ4v) is 2.27. The average Bonchev–Trinajstić information content (AvgIpc) is 2.28. The fraction of sp³-hybridized carbons (Fsp3) is 0.846. The molecule has 5 nitrogen and oxygen atoms in total. The molecule has 0 spiro atoms. The van der Waals surface area contributed by atoms with Gasteiger partial charge in [-0.2, -0.15) is 0 Å². The lowest BCUT2D eigenvalue weighted by atomic mass is 9.75. The van der Waals surface area contributed by atoms with E-state index in [9.17, 15) is 9.59 Å². The maximum absolute atomic E-state index is 11.8. The predicted octanol–water partition coefficient (Wildman–Crippen LogP) is 2.26. The van der Waals surface area contributed by atoms with Gasteiger partial charge in [-0.3, -0.25) is 0 Å². The molecule has 1 unspecified atom stereocenters. The van der Waals surface area contributed by atoms with Crippen molar-refractivity contribution < 1.29 is 14.7 Å². The predicted molar refractivity (Wildman–Crippen MR) is 69.5 cm³/mol. The smallest absolute Gasteiger partial charge is 0.326 e. The van der Waals surface area contributed by atoms with E-state index in [1.165, 1.54) is 0 Å². The van der Waals surface area contributed by atoms with Crippen LogP contribution in [0.4, 0.5) is 4.79 Å². The molecular weight excluding hydrogens is 232 g/mol. The van der Waals surface area contributed by atoms with Crippen molar-refractivity contribution in [2.75, 3.05) is 0 Å². The second-order valence-electron chi connectivity index (χ2n) is 5.12. The molecule has 1 aliphatic carbocycles. The van der Waals surface area contributed by atoms with Crippen LogP contribution in [-0.4, -0.2) is 28.7 Å². The first-order valence-corrected chi connectivity index (χ1v) is 6.84. The van der Waals surface area contributed by atoms with Crippen LogP contribution in [0.5, 0.6) is 0 Å². The number of carbonyl (C=O) groups excluding carboxylic acids is 1. The highest BCUT2D eigenvalue weighted by molar-refractivity contribution is 5.82. The van der Waals surface area contributed by atoms with Crippen LogP contribution in [0.15, 0.2) is 0 Å². The Morgan fingerprint density at radius 3 is 2.39 bits per heavy atom. The molecule has 1 fully saturated rings. The van der Waals surface area contributed by atoms with Crippen LogP contribution in [-0.2, 0) is 4.79 Å². The molecule has 0 radical (unpaired) electrons. The van der Waals surface area contributed by atoms with E-state index >= 15 is 0 Å². The quantitative estimate of drug-likeness (QED) is 0.653. The van der Waals surface area contributed by atoms with E-state index in [4.69, 9.17) is 5.11 Å². The minimum Gasteiger partial charge on any atom is -0.480 e. The van der Waals surface area contributed by atoms with Gasteiger partial charge in [0.15, 0.2) is 0 Å². The molecule has 0 aliphatic heterocycles. The Bertz CT molecular complexity index is 295. The lowest BCUT2D eigenvalue weighted by molar-refractivity contribution is -0.139. The summed E-state index contributed by atoms with van der Waals surface area (Å²) in [5.74, 6) is -0.960. The number of rotatable bonds is 7. The summed E-state index contributed by atoms with van der Waals surface area (Å²) in [6.07, 6.45) is 6.22. The highest BCUT2D eigenvalue weighted by Gasteiger charge is 2.37. The monoisotopic (exact) mass is 256 g/mol. The maximum Gasteiger partial charge on any atom is 0.326 e. The number of aliphatic carboxylic acids is 1. The molecular formula is C13H24N2O3. The summed E-state index contributed by atoms with van der Waals surface area (Å²) in [7, 11) is 0. The number of hydrogen-bond donors (Lipinski definition) is 3. The number of urea groups is 1. The fourth-order valence-electron chi connectivity index (χ4n) is 2.27. The van der Waals surface area contributed by atoms with Gasteiger partial charge in [0.2, 0.25) is 0 Å². The van der Waals surface area contributed by atoms with Crippen LogP contribution in [0, 0.1) is 0 Å². The van der Waals surface area contributed by atoms with Gasteiger partial charge in [-0.15, -0.1) is 0 Å². The highest BCUT2D eigenvalue weighted by Crippen LogP contribution is 2.34. The largest absolute Gasteiger partial charge is 0.480 e. The van der Waals surface area contributed by atoms with Gasteiger partial charge in [-0.05, 0) is 32.1 Å². The Balaban J connectivity index is 2.43. The Morgan fingerprint density at radius 2 is 2.00 bits per heavy atom. The van der Waals surface area contributed by atoms with Gasteiger partial charge in [-0.25, -0.2) is 9.59 Å². The first-order chi connectivity index (χ1) is 8.53. The van der Waals surface area contributed by atoms with E-state index in [2.05, 4.69) is 10.6 Å². The van der Waals surface area contributed by atoms with Crippen molar-refractivity contribution >= 4 is 12.0 Å². The molecule has 1 saturated carbocycles. The number of unbranched alkanes of at least 4 members (excludes halogenated alkanes) is 1. The topological polar surface area (TPSA) is 78.4 Å². The summed E-state index contributed by atoms with van der Waals surface area (Å²) in [4.78, 5) is 22.8. The summed E-state index contributed by atoms with van der Waals surface area (Å²) in [6.45, 7) is 4.05. The van der Waals surface area contributed by atoms with E-state index in [0.29, 0.717) is 6.42 Å². The Kier molecular flexibility index (Phi) is 5.44. The Labute approximate surface area is 108 Å². The zero-order chi connectivity index (χ0) is 13.6. The third-order valence-electron chi connectivity index (χ3n) is 3.82. The second kappa shape index (κ2) is 6.61. The van der Waals surface area contributed by atoms with Crippen molar-refractivity contribution in [2.45, 2.75) is 70.4 Å². The van der Waals surface area contributed by atoms with Gasteiger partial charge in [0.25, 0.3) is 0 Å². The molecule has 2 amide bonds. The molecule has 104 valence electrons. The SMILES string of the molecule is CCCCC(NC(=O)NC1(CC)CCC1)C(=O)O. The van der Waals surface area contributed by atoms with Crippen molar-refractivity contribution in [1.29, 1.82) is 0 Å². The summed E-state index contributed by atoms with van der Waals surface area (Å²) in [5, 5.41) is 14.5. The van der Waals surface area contributed by atoms with Crippen molar-refractivity contribution in [3.05, 3.63) is 0 Å². The van der Waals surface area contributed by atoms with Gasteiger partial charge in [0.05, 0.1) is 0 Å². The second-order valence-corrected chi connectivity index (χ2v) is 5.12. The number of hydrogen-bond acceptors (Lipinski definition) is 2. The van der Waals surface area contributed by atoms with Gasteiger partial charge >= 0.3 is 12.0 Å². The average molecular weight is 256 g/mol. The normalized spacial score (nSPS) is 18.6. The van der Waals surface area contributed by atoms with Crippen molar-refractivity contribution in [3.8, 4) is 0 Å². The number of nitrogens with one attached hydrogen (secondary N) is 2. The van der Waals surface area contributed by atoms with Crippen LogP contribution in [0.3, 0.4) is 0 Å². The molecule has 0 saturated heterocycles. The van der Waals surface area contributed by atoms with Crippen molar-refractivity contribution in [2.24, 2.45) is 0 Å². The van der Waals surface area contributed by atoms with Gasteiger partial charge < -0.3 is 15.7 Å². The number of carboxylic acids is 1. The van der Waals surface area contributed by atoms with E-state index in [1.807, 2.05) is 13.8 Å². The Morgan fingerprint density at radius 1 is 1.33 bits per heavy atom. The standard InChI is InChI=1S/C13H24N2O3/c1-3-5-7-10(11(16)17)14-12(18)15-13(4-2)8-6-9-13/h10H,3-9H2,1-2H3,(H,16,17)(H2,14,15,18). The summed E-state index contributed by atoms with van der Waals surface area (Å²) >= 11 is 0. The van der Waals surface area contributed by atoms with Crippen molar-refractivity contribution in [1.82, 2.24) is 10.6 Å². The third-order valence-corrected chi connectivity index (χ3v) is 3.82. The molecule has 1 rings (SSSR count). The first-order valence-electron chi connectivity index (χ1n) is 6.84. The molecule has 0 heterocycles. The molecule has 0 aromatic rings. The minimum absolute atomic E-state index is 0.0993. The van der Waals surface area contributed by atoms with Gasteiger partial charge in [-0.1, -0.05) is 26.7 Å². The molecule has 0 aromatic heterocycles. The molecule has 3 N–H and O–H groups in total. The Hall–Kier alpha value is -1.26. The van der Waals surface area contributed by atoms with Crippen molar-refractivity contribution in [3.63, 3.8) is 0 Å². The van der Waals surface area contributed by atoms with Gasteiger partial charge in [0.1, 0.15) is 6.04 Å². The van der Waals surface area contributed by atoms with Crippen LogP contribution in [0.2, 0.25) is 0 Å². The van der Waals surface area contributed by atoms with E-state index in [1.54, 1.807) is 0 Å². The number of amides is 2. The van der Waals surface area contributed by atoms with Crippen LogP contribution < -0.4 is 10.6 Å². The maximum atomic E-state index is 11.8. The summed E-state index contributed by atoms with van der Waals surface area (Å²) in [6, 6.07) is -1.13. The number of carboxylic acid groups (broad SMARTS) is 1. The molecule has 1 atom stereocenters.